The van der Waals surface area contributed by atoms with Gasteiger partial charge >= 0.3 is 5.97 Å². The van der Waals surface area contributed by atoms with Crippen molar-refractivity contribution in [2.75, 3.05) is 5.32 Å². The SMILES string of the molecule is CC(=O)Nc1nc(COc2cc(C(=O)O)ccc2C)cs1. The average Bonchev–Trinajstić information content (AvgIpc) is 2.84. The third-order valence-electron chi connectivity index (χ3n) is 2.65. The van der Waals surface area contributed by atoms with Gasteiger partial charge < -0.3 is 15.2 Å². The van der Waals surface area contributed by atoms with E-state index in [4.69, 9.17) is 9.84 Å². The predicted octanol–water partition coefficient (Wildman–Crippen LogP) is 2.69. The maximum Gasteiger partial charge on any atom is 0.335 e. The predicted molar refractivity (Wildman–Crippen MR) is 78.9 cm³/mol. The molecule has 0 bridgehead atoms. The van der Waals surface area contributed by atoms with Crippen LogP contribution in [0.5, 0.6) is 5.75 Å². The molecule has 110 valence electrons. The lowest BCUT2D eigenvalue weighted by molar-refractivity contribution is -0.114. The molecule has 1 aromatic carbocycles. The minimum absolute atomic E-state index is 0.174. The maximum atomic E-state index is 10.9. The lowest BCUT2D eigenvalue weighted by Crippen LogP contribution is -2.06. The van der Waals surface area contributed by atoms with E-state index in [9.17, 15) is 9.59 Å². The fraction of sp³-hybridized carbons (Fsp3) is 0.214. The topological polar surface area (TPSA) is 88.5 Å². The van der Waals surface area contributed by atoms with Crippen molar-refractivity contribution in [3.8, 4) is 5.75 Å². The molecule has 0 spiro atoms. The number of thiazole rings is 1. The standard InChI is InChI=1S/C14H14N2O4S/c1-8-3-4-10(13(18)19)5-12(8)20-6-11-7-21-14(16-11)15-9(2)17/h3-5,7H,6H2,1-2H3,(H,18,19)(H,15,16,17). The minimum Gasteiger partial charge on any atom is -0.487 e. The maximum absolute atomic E-state index is 10.9. The summed E-state index contributed by atoms with van der Waals surface area (Å²) in [6.45, 7) is 3.46. The van der Waals surface area contributed by atoms with E-state index in [0.717, 1.165) is 5.56 Å². The first kappa shape index (κ1) is 15.0. The normalized spacial score (nSPS) is 10.2. The number of anilines is 1. The highest BCUT2D eigenvalue weighted by atomic mass is 32.1. The summed E-state index contributed by atoms with van der Waals surface area (Å²) in [5.74, 6) is -0.674. The molecule has 1 aromatic heterocycles. The molecular weight excluding hydrogens is 292 g/mol. The van der Waals surface area contributed by atoms with Gasteiger partial charge in [-0.3, -0.25) is 4.79 Å². The van der Waals surface area contributed by atoms with E-state index in [1.54, 1.807) is 11.4 Å². The van der Waals surface area contributed by atoms with Crippen LogP contribution >= 0.6 is 11.3 Å². The van der Waals surface area contributed by atoms with Gasteiger partial charge in [0.25, 0.3) is 0 Å². The quantitative estimate of drug-likeness (QED) is 0.886. The van der Waals surface area contributed by atoms with Gasteiger partial charge in [0.2, 0.25) is 5.91 Å². The molecule has 0 saturated carbocycles. The number of aromatic nitrogens is 1. The summed E-state index contributed by atoms with van der Waals surface area (Å²) >= 11 is 1.31. The molecule has 2 N–H and O–H groups in total. The number of carbonyl (C=O) groups excluding carboxylic acids is 1. The molecule has 0 aliphatic carbocycles. The minimum atomic E-state index is -0.999. The summed E-state index contributed by atoms with van der Waals surface area (Å²) in [6, 6.07) is 4.71. The fourth-order valence-electron chi connectivity index (χ4n) is 1.62. The van der Waals surface area contributed by atoms with Crippen molar-refractivity contribution < 1.29 is 19.4 Å². The Hall–Kier alpha value is -2.41. The third-order valence-corrected chi connectivity index (χ3v) is 3.45. The molecule has 1 heterocycles. The van der Waals surface area contributed by atoms with E-state index in [0.29, 0.717) is 16.6 Å². The van der Waals surface area contributed by atoms with Gasteiger partial charge in [0, 0.05) is 12.3 Å². The Morgan fingerprint density at radius 2 is 2.19 bits per heavy atom. The van der Waals surface area contributed by atoms with E-state index < -0.39 is 5.97 Å². The van der Waals surface area contributed by atoms with Crippen LogP contribution in [0.4, 0.5) is 5.13 Å². The van der Waals surface area contributed by atoms with Crippen LogP contribution in [-0.2, 0) is 11.4 Å². The number of amides is 1. The highest BCUT2D eigenvalue weighted by Crippen LogP contribution is 2.22. The zero-order chi connectivity index (χ0) is 15.4. The number of hydrogen-bond donors (Lipinski definition) is 2. The molecule has 2 aromatic rings. The summed E-state index contributed by atoms with van der Waals surface area (Å²) in [4.78, 5) is 26.1. The van der Waals surface area contributed by atoms with Crippen LogP contribution in [0.25, 0.3) is 0 Å². The Balaban J connectivity index is 2.05. The number of carboxylic acid groups (broad SMARTS) is 1. The molecule has 7 heteroatoms. The Labute approximate surface area is 125 Å². The first-order valence-corrected chi connectivity index (χ1v) is 7.02. The van der Waals surface area contributed by atoms with Gasteiger partial charge in [0.1, 0.15) is 12.4 Å². The first-order valence-electron chi connectivity index (χ1n) is 6.14. The summed E-state index contributed by atoms with van der Waals surface area (Å²) in [6.07, 6.45) is 0. The molecule has 21 heavy (non-hydrogen) atoms. The molecule has 0 radical (unpaired) electrons. The van der Waals surface area contributed by atoms with Gasteiger partial charge in [0.05, 0.1) is 11.3 Å². The zero-order valence-electron chi connectivity index (χ0n) is 11.5. The Kier molecular flexibility index (Phi) is 4.54. The van der Waals surface area contributed by atoms with Crippen molar-refractivity contribution in [2.24, 2.45) is 0 Å². The molecule has 0 unspecified atom stereocenters. The van der Waals surface area contributed by atoms with Crippen LogP contribution in [0.2, 0.25) is 0 Å². The Morgan fingerprint density at radius 3 is 2.86 bits per heavy atom. The van der Waals surface area contributed by atoms with Gasteiger partial charge in [-0.25, -0.2) is 9.78 Å². The van der Waals surface area contributed by atoms with Crippen LogP contribution in [0, 0.1) is 6.92 Å². The number of hydrogen-bond acceptors (Lipinski definition) is 5. The van der Waals surface area contributed by atoms with Crippen LogP contribution in [0.15, 0.2) is 23.6 Å². The van der Waals surface area contributed by atoms with Gasteiger partial charge in [-0.05, 0) is 24.6 Å². The monoisotopic (exact) mass is 306 g/mol. The third kappa shape index (κ3) is 4.03. The number of aryl methyl sites for hydroxylation is 1. The molecule has 6 nitrogen and oxygen atoms in total. The Morgan fingerprint density at radius 1 is 1.43 bits per heavy atom. The molecule has 0 aliphatic rings. The average molecular weight is 306 g/mol. The van der Waals surface area contributed by atoms with Gasteiger partial charge in [-0.2, -0.15) is 0 Å². The second-order valence-corrected chi connectivity index (χ2v) is 5.26. The smallest absolute Gasteiger partial charge is 0.335 e. The summed E-state index contributed by atoms with van der Waals surface area (Å²) in [5, 5.41) is 13.9. The van der Waals surface area contributed by atoms with Gasteiger partial charge in [0.15, 0.2) is 5.13 Å². The lowest BCUT2D eigenvalue weighted by Gasteiger charge is -2.08. The van der Waals surface area contributed by atoms with Gasteiger partial charge in [-0.1, -0.05) is 6.07 Å². The molecule has 2 rings (SSSR count). The number of ether oxygens (including phenoxy) is 1. The van der Waals surface area contributed by atoms with E-state index in [2.05, 4.69) is 10.3 Å². The van der Waals surface area contributed by atoms with Crippen LogP contribution < -0.4 is 10.1 Å². The van der Waals surface area contributed by atoms with Gasteiger partial charge in [-0.15, -0.1) is 11.3 Å². The number of benzene rings is 1. The van der Waals surface area contributed by atoms with E-state index in [1.165, 1.54) is 30.4 Å². The van der Waals surface area contributed by atoms with E-state index in [1.807, 2.05) is 6.92 Å². The molecule has 0 aliphatic heterocycles. The highest BCUT2D eigenvalue weighted by Gasteiger charge is 2.09. The molecule has 1 amide bonds. The van der Waals surface area contributed by atoms with Crippen LogP contribution in [0.1, 0.15) is 28.5 Å². The van der Waals surface area contributed by atoms with Crippen molar-refractivity contribution in [1.29, 1.82) is 0 Å². The molecular formula is C14H14N2O4S. The van der Waals surface area contributed by atoms with Crippen molar-refractivity contribution in [3.63, 3.8) is 0 Å². The highest BCUT2D eigenvalue weighted by molar-refractivity contribution is 7.13. The zero-order valence-corrected chi connectivity index (χ0v) is 12.4. The number of nitrogens with one attached hydrogen (secondary N) is 1. The summed E-state index contributed by atoms with van der Waals surface area (Å²) < 4.78 is 5.60. The second-order valence-electron chi connectivity index (χ2n) is 4.40. The fourth-order valence-corrected chi connectivity index (χ4v) is 2.36. The van der Waals surface area contributed by atoms with Crippen molar-refractivity contribution in [3.05, 3.63) is 40.4 Å². The number of nitrogens with zero attached hydrogens (tertiary/aromatic N) is 1. The molecule has 0 fully saturated rings. The number of carbonyl (C=O) groups is 2. The lowest BCUT2D eigenvalue weighted by atomic mass is 10.1. The Bertz CT molecular complexity index is 681. The van der Waals surface area contributed by atoms with Crippen molar-refractivity contribution in [2.45, 2.75) is 20.5 Å². The van der Waals surface area contributed by atoms with Crippen molar-refractivity contribution in [1.82, 2.24) is 4.98 Å². The first-order chi connectivity index (χ1) is 9.95. The molecule has 0 atom stereocenters. The van der Waals surface area contributed by atoms with Crippen LogP contribution in [-0.4, -0.2) is 22.0 Å². The largest absolute Gasteiger partial charge is 0.487 e. The number of aromatic carboxylic acids is 1. The van der Waals surface area contributed by atoms with E-state index >= 15 is 0 Å². The van der Waals surface area contributed by atoms with E-state index in [-0.39, 0.29) is 18.1 Å². The number of rotatable bonds is 5. The van der Waals surface area contributed by atoms with Crippen LogP contribution in [0.3, 0.4) is 0 Å². The molecule has 0 saturated heterocycles. The van der Waals surface area contributed by atoms with Crippen molar-refractivity contribution >= 4 is 28.3 Å². The summed E-state index contributed by atoms with van der Waals surface area (Å²) in [5.41, 5.74) is 1.69. The second kappa shape index (κ2) is 6.36. The summed E-state index contributed by atoms with van der Waals surface area (Å²) in [7, 11) is 0. The number of carboxylic acids is 1.